The molecule has 0 aliphatic carbocycles. The molecule has 2 N–H and O–H groups in total. The number of nitrogens with zero attached hydrogens (tertiary/aromatic N) is 1. The molecule has 2 rings (SSSR count). The normalized spacial score (nSPS) is 9.88. The van der Waals surface area contributed by atoms with Crippen LogP contribution in [0.25, 0.3) is 0 Å². The van der Waals surface area contributed by atoms with Crippen LogP contribution in [0.3, 0.4) is 0 Å². The molecule has 0 aliphatic heterocycles. The molecule has 0 saturated heterocycles. The minimum absolute atomic E-state index is 0.927. The SMILES string of the molecule is c1ccc(NCCCNc2ccccn2)cc1. The zero-order valence-corrected chi connectivity index (χ0v) is 9.76. The Labute approximate surface area is 102 Å². The summed E-state index contributed by atoms with van der Waals surface area (Å²) in [6.45, 7) is 1.89. The van der Waals surface area contributed by atoms with Crippen LogP contribution in [0.2, 0.25) is 0 Å². The molecule has 0 spiro atoms. The Morgan fingerprint density at radius 1 is 0.824 bits per heavy atom. The number of anilines is 2. The van der Waals surface area contributed by atoms with Gasteiger partial charge in [-0.3, -0.25) is 0 Å². The quantitative estimate of drug-likeness (QED) is 0.745. The summed E-state index contributed by atoms with van der Waals surface area (Å²) in [7, 11) is 0. The highest BCUT2D eigenvalue weighted by Gasteiger charge is 1.92. The van der Waals surface area contributed by atoms with Crippen molar-refractivity contribution in [2.24, 2.45) is 0 Å². The Morgan fingerprint density at radius 3 is 2.35 bits per heavy atom. The molecular formula is C14H17N3. The second kappa shape index (κ2) is 6.53. The number of para-hydroxylation sites is 1. The highest BCUT2D eigenvalue weighted by molar-refractivity contribution is 5.42. The molecule has 0 unspecified atom stereocenters. The van der Waals surface area contributed by atoms with Crippen molar-refractivity contribution in [2.75, 3.05) is 23.7 Å². The molecule has 88 valence electrons. The molecule has 0 amide bonds. The summed E-state index contributed by atoms with van der Waals surface area (Å²) >= 11 is 0. The molecule has 0 aliphatic rings. The zero-order valence-electron chi connectivity index (χ0n) is 9.76. The van der Waals surface area contributed by atoms with Gasteiger partial charge in [-0.2, -0.15) is 0 Å². The summed E-state index contributed by atoms with van der Waals surface area (Å²) < 4.78 is 0. The number of aromatic nitrogens is 1. The lowest BCUT2D eigenvalue weighted by molar-refractivity contribution is 0.904. The van der Waals surface area contributed by atoms with Gasteiger partial charge in [0.15, 0.2) is 0 Å². The van der Waals surface area contributed by atoms with E-state index in [4.69, 9.17) is 0 Å². The molecule has 3 nitrogen and oxygen atoms in total. The van der Waals surface area contributed by atoms with Gasteiger partial charge < -0.3 is 10.6 Å². The van der Waals surface area contributed by atoms with Crippen LogP contribution in [0.4, 0.5) is 11.5 Å². The molecule has 3 heteroatoms. The molecular weight excluding hydrogens is 210 g/mol. The van der Waals surface area contributed by atoms with Gasteiger partial charge in [0.05, 0.1) is 0 Å². The Kier molecular flexibility index (Phi) is 4.40. The van der Waals surface area contributed by atoms with Gasteiger partial charge in [0, 0.05) is 25.0 Å². The predicted molar refractivity (Wildman–Crippen MR) is 72.3 cm³/mol. The van der Waals surface area contributed by atoms with Gasteiger partial charge in [0.25, 0.3) is 0 Å². The Bertz CT molecular complexity index is 372. The summed E-state index contributed by atoms with van der Waals surface area (Å²) in [6.07, 6.45) is 2.86. The van der Waals surface area contributed by atoms with Crippen molar-refractivity contribution in [2.45, 2.75) is 6.42 Å². The van der Waals surface area contributed by atoms with Gasteiger partial charge in [-0.15, -0.1) is 0 Å². The third-order valence-corrected chi connectivity index (χ3v) is 2.43. The highest BCUT2D eigenvalue weighted by Crippen LogP contribution is 2.04. The summed E-state index contributed by atoms with van der Waals surface area (Å²) in [5, 5.41) is 6.65. The van der Waals surface area contributed by atoms with Gasteiger partial charge in [-0.25, -0.2) is 4.98 Å². The van der Waals surface area contributed by atoms with E-state index in [0.29, 0.717) is 0 Å². The molecule has 0 radical (unpaired) electrons. The van der Waals surface area contributed by atoms with E-state index in [1.807, 2.05) is 36.4 Å². The number of pyridine rings is 1. The maximum Gasteiger partial charge on any atom is 0.125 e. The Balaban J connectivity index is 1.61. The first-order valence-corrected chi connectivity index (χ1v) is 5.89. The van der Waals surface area contributed by atoms with E-state index in [2.05, 4.69) is 27.8 Å². The fourth-order valence-electron chi connectivity index (χ4n) is 1.56. The summed E-state index contributed by atoms with van der Waals surface area (Å²) in [5.74, 6) is 0.937. The first kappa shape index (κ1) is 11.5. The van der Waals surface area contributed by atoms with Crippen molar-refractivity contribution >= 4 is 11.5 Å². The maximum absolute atomic E-state index is 4.20. The fraction of sp³-hybridized carbons (Fsp3) is 0.214. The van der Waals surface area contributed by atoms with E-state index in [1.54, 1.807) is 6.20 Å². The number of benzene rings is 1. The van der Waals surface area contributed by atoms with Crippen LogP contribution >= 0.6 is 0 Å². The number of rotatable bonds is 6. The molecule has 0 bridgehead atoms. The number of nitrogens with one attached hydrogen (secondary N) is 2. The third-order valence-electron chi connectivity index (χ3n) is 2.43. The standard InChI is InChI=1S/C14H17N3/c1-2-7-13(8-3-1)15-11-6-12-17-14-9-4-5-10-16-14/h1-5,7-10,15H,6,11-12H2,(H,16,17). The van der Waals surface area contributed by atoms with Crippen LogP contribution in [0.15, 0.2) is 54.7 Å². The van der Waals surface area contributed by atoms with Crippen molar-refractivity contribution in [3.63, 3.8) is 0 Å². The second-order valence-corrected chi connectivity index (χ2v) is 3.79. The fourth-order valence-corrected chi connectivity index (χ4v) is 1.56. The highest BCUT2D eigenvalue weighted by atomic mass is 15.0. The lowest BCUT2D eigenvalue weighted by atomic mass is 10.3. The van der Waals surface area contributed by atoms with Gasteiger partial charge in [0.1, 0.15) is 5.82 Å². The van der Waals surface area contributed by atoms with Crippen LogP contribution in [-0.2, 0) is 0 Å². The summed E-state index contributed by atoms with van der Waals surface area (Å²) in [6, 6.07) is 16.1. The van der Waals surface area contributed by atoms with Crippen LogP contribution in [0.1, 0.15) is 6.42 Å². The smallest absolute Gasteiger partial charge is 0.125 e. The van der Waals surface area contributed by atoms with Crippen molar-refractivity contribution in [3.05, 3.63) is 54.7 Å². The van der Waals surface area contributed by atoms with Crippen LogP contribution < -0.4 is 10.6 Å². The first-order chi connectivity index (χ1) is 8.45. The monoisotopic (exact) mass is 227 g/mol. The van der Waals surface area contributed by atoms with E-state index in [-0.39, 0.29) is 0 Å². The minimum atomic E-state index is 0.927. The first-order valence-electron chi connectivity index (χ1n) is 5.89. The van der Waals surface area contributed by atoms with E-state index in [1.165, 1.54) is 5.69 Å². The van der Waals surface area contributed by atoms with Gasteiger partial charge in [-0.05, 0) is 30.7 Å². The van der Waals surface area contributed by atoms with Gasteiger partial charge >= 0.3 is 0 Å². The van der Waals surface area contributed by atoms with Crippen LogP contribution in [-0.4, -0.2) is 18.1 Å². The van der Waals surface area contributed by atoms with Crippen molar-refractivity contribution in [1.82, 2.24) is 4.98 Å². The Hall–Kier alpha value is -2.03. The molecule has 0 saturated carbocycles. The molecule has 1 aromatic carbocycles. The van der Waals surface area contributed by atoms with Gasteiger partial charge in [0.2, 0.25) is 0 Å². The molecule has 0 fully saturated rings. The lowest BCUT2D eigenvalue weighted by Crippen LogP contribution is -2.09. The van der Waals surface area contributed by atoms with E-state index >= 15 is 0 Å². The molecule has 0 atom stereocenters. The average molecular weight is 227 g/mol. The van der Waals surface area contributed by atoms with Crippen molar-refractivity contribution < 1.29 is 0 Å². The summed E-state index contributed by atoms with van der Waals surface area (Å²) in [4.78, 5) is 4.20. The zero-order chi connectivity index (χ0) is 11.8. The van der Waals surface area contributed by atoms with Crippen molar-refractivity contribution in [1.29, 1.82) is 0 Å². The maximum atomic E-state index is 4.20. The lowest BCUT2D eigenvalue weighted by Gasteiger charge is -2.07. The molecule has 1 heterocycles. The largest absolute Gasteiger partial charge is 0.385 e. The number of hydrogen-bond acceptors (Lipinski definition) is 3. The topological polar surface area (TPSA) is 37.0 Å². The molecule has 17 heavy (non-hydrogen) atoms. The predicted octanol–water partition coefficient (Wildman–Crippen LogP) is 3.00. The third kappa shape index (κ3) is 4.15. The van der Waals surface area contributed by atoms with Crippen LogP contribution in [0, 0.1) is 0 Å². The number of hydrogen-bond donors (Lipinski definition) is 2. The Morgan fingerprint density at radius 2 is 1.59 bits per heavy atom. The van der Waals surface area contributed by atoms with E-state index < -0.39 is 0 Å². The van der Waals surface area contributed by atoms with E-state index in [0.717, 1.165) is 25.3 Å². The minimum Gasteiger partial charge on any atom is -0.385 e. The van der Waals surface area contributed by atoms with E-state index in [9.17, 15) is 0 Å². The second-order valence-electron chi connectivity index (χ2n) is 3.79. The molecule has 1 aromatic heterocycles. The van der Waals surface area contributed by atoms with Crippen molar-refractivity contribution in [3.8, 4) is 0 Å². The average Bonchev–Trinajstić information content (AvgIpc) is 2.41. The molecule has 2 aromatic rings. The summed E-state index contributed by atoms with van der Waals surface area (Å²) in [5.41, 5.74) is 1.17. The van der Waals surface area contributed by atoms with Gasteiger partial charge in [-0.1, -0.05) is 24.3 Å². The van der Waals surface area contributed by atoms with Crippen LogP contribution in [0.5, 0.6) is 0 Å².